The number of aliphatic imine (C=N–C) groups is 1. The zero-order valence-corrected chi connectivity index (χ0v) is 14.9. The molecule has 3 rings (SSSR count). The van der Waals surface area contributed by atoms with Crippen LogP contribution in [0.15, 0.2) is 23.7 Å². The highest BCUT2D eigenvalue weighted by molar-refractivity contribution is 5.79. The molecule has 0 aliphatic carbocycles. The summed E-state index contributed by atoms with van der Waals surface area (Å²) >= 11 is 0. The second-order valence-corrected chi connectivity index (χ2v) is 6.70. The van der Waals surface area contributed by atoms with Gasteiger partial charge < -0.3 is 14.7 Å². The molecule has 1 aliphatic heterocycles. The van der Waals surface area contributed by atoms with Crippen molar-refractivity contribution in [3.05, 3.63) is 18.7 Å². The van der Waals surface area contributed by atoms with Crippen molar-refractivity contribution < 1.29 is 0 Å². The summed E-state index contributed by atoms with van der Waals surface area (Å²) in [5.74, 6) is 2.45. The first-order valence-corrected chi connectivity index (χ1v) is 8.34. The van der Waals surface area contributed by atoms with Crippen LogP contribution in [0.2, 0.25) is 0 Å². The minimum atomic E-state index is 0.527. The maximum atomic E-state index is 4.82. The van der Waals surface area contributed by atoms with Crippen LogP contribution in [0.4, 0.5) is 5.82 Å². The Morgan fingerprint density at radius 3 is 2.83 bits per heavy atom. The van der Waals surface area contributed by atoms with E-state index in [2.05, 4.69) is 29.9 Å². The van der Waals surface area contributed by atoms with E-state index in [0.717, 1.165) is 43.5 Å². The normalized spacial score (nSPS) is 17.8. The monoisotopic (exact) mass is 330 g/mol. The van der Waals surface area contributed by atoms with Crippen molar-refractivity contribution in [1.29, 1.82) is 0 Å². The lowest BCUT2D eigenvalue weighted by molar-refractivity contribution is 0.412. The molecule has 130 valence electrons. The van der Waals surface area contributed by atoms with Gasteiger partial charge in [0.25, 0.3) is 0 Å². The molecule has 0 saturated carbocycles. The van der Waals surface area contributed by atoms with Crippen molar-refractivity contribution >= 4 is 17.4 Å². The minimum absolute atomic E-state index is 0.527. The molecule has 0 spiro atoms. The second kappa shape index (κ2) is 7.02. The number of hydrogen-bond donors (Lipinski definition) is 0. The van der Waals surface area contributed by atoms with Gasteiger partial charge in [-0.1, -0.05) is 0 Å². The Morgan fingerprint density at radius 2 is 2.08 bits per heavy atom. The highest BCUT2D eigenvalue weighted by Gasteiger charge is 2.23. The molecule has 3 heterocycles. The van der Waals surface area contributed by atoms with Gasteiger partial charge in [-0.25, -0.2) is 4.98 Å². The lowest BCUT2D eigenvalue weighted by atomic mass is 9.98. The standard InChI is InChI=1S/C16H26N8/c1-21(2)16(22(3)4)18-10-13-6-5-8-23(11-13)14-15-20-19-12-24(15)9-7-17-14/h7,9,12-13H,5-6,8,10-11H2,1-4H3/t13-/m1/s1. The Balaban J connectivity index is 1.73. The van der Waals surface area contributed by atoms with Gasteiger partial charge in [-0.15, -0.1) is 10.2 Å². The minimum Gasteiger partial charge on any atom is -0.353 e. The fraction of sp³-hybridized carbons (Fsp3) is 0.625. The van der Waals surface area contributed by atoms with Gasteiger partial charge in [0.1, 0.15) is 6.33 Å². The summed E-state index contributed by atoms with van der Waals surface area (Å²) in [6, 6.07) is 0. The molecule has 2 aromatic rings. The summed E-state index contributed by atoms with van der Waals surface area (Å²) in [7, 11) is 8.12. The van der Waals surface area contributed by atoms with Crippen molar-refractivity contribution in [2.75, 3.05) is 52.7 Å². The maximum absolute atomic E-state index is 4.82. The van der Waals surface area contributed by atoms with Gasteiger partial charge >= 0.3 is 0 Å². The first kappa shape index (κ1) is 16.5. The molecule has 0 amide bonds. The number of aromatic nitrogens is 4. The zero-order valence-electron chi connectivity index (χ0n) is 14.9. The molecule has 1 fully saturated rings. The molecule has 0 bridgehead atoms. The Hall–Kier alpha value is -2.38. The van der Waals surface area contributed by atoms with Gasteiger partial charge in [-0.3, -0.25) is 9.39 Å². The van der Waals surface area contributed by atoms with E-state index >= 15 is 0 Å². The van der Waals surface area contributed by atoms with Crippen molar-refractivity contribution in [2.45, 2.75) is 12.8 Å². The third kappa shape index (κ3) is 3.42. The molecule has 24 heavy (non-hydrogen) atoms. The van der Waals surface area contributed by atoms with Crippen molar-refractivity contribution in [2.24, 2.45) is 10.9 Å². The highest BCUT2D eigenvalue weighted by atomic mass is 15.3. The number of piperidine rings is 1. The van der Waals surface area contributed by atoms with Crippen LogP contribution in [0.3, 0.4) is 0 Å². The Morgan fingerprint density at radius 1 is 1.29 bits per heavy atom. The Labute approximate surface area is 142 Å². The van der Waals surface area contributed by atoms with Gasteiger partial charge in [0.15, 0.2) is 11.8 Å². The fourth-order valence-electron chi connectivity index (χ4n) is 3.27. The van der Waals surface area contributed by atoms with E-state index in [1.54, 1.807) is 6.33 Å². The molecule has 1 aliphatic rings. The van der Waals surface area contributed by atoms with E-state index in [1.165, 1.54) is 6.42 Å². The van der Waals surface area contributed by atoms with Gasteiger partial charge in [-0.2, -0.15) is 0 Å². The van der Waals surface area contributed by atoms with Crippen LogP contribution in [-0.4, -0.2) is 83.2 Å². The zero-order chi connectivity index (χ0) is 17.1. The first-order valence-electron chi connectivity index (χ1n) is 8.34. The van der Waals surface area contributed by atoms with Crippen LogP contribution in [-0.2, 0) is 0 Å². The van der Waals surface area contributed by atoms with Gasteiger partial charge in [0.2, 0.25) is 5.65 Å². The van der Waals surface area contributed by atoms with Crippen molar-refractivity contribution in [3.8, 4) is 0 Å². The molecule has 1 atom stereocenters. The molecule has 0 aromatic carbocycles. The molecule has 8 nitrogen and oxygen atoms in total. The summed E-state index contributed by atoms with van der Waals surface area (Å²) in [6.07, 6.45) is 7.75. The van der Waals surface area contributed by atoms with E-state index < -0.39 is 0 Å². The van der Waals surface area contributed by atoms with Crippen LogP contribution in [0, 0.1) is 5.92 Å². The van der Waals surface area contributed by atoms with Crippen molar-refractivity contribution in [3.63, 3.8) is 0 Å². The fourth-order valence-corrected chi connectivity index (χ4v) is 3.27. The summed E-state index contributed by atoms with van der Waals surface area (Å²) in [5.41, 5.74) is 0.823. The van der Waals surface area contributed by atoms with Gasteiger partial charge in [0.05, 0.1) is 0 Å². The van der Waals surface area contributed by atoms with Crippen LogP contribution in [0.25, 0.3) is 5.65 Å². The van der Waals surface area contributed by atoms with E-state index in [4.69, 9.17) is 4.99 Å². The van der Waals surface area contributed by atoms with Crippen LogP contribution in [0.5, 0.6) is 0 Å². The Kier molecular flexibility index (Phi) is 4.82. The summed E-state index contributed by atoms with van der Waals surface area (Å²) in [6.45, 7) is 2.79. The summed E-state index contributed by atoms with van der Waals surface area (Å²) in [4.78, 5) is 15.8. The third-order valence-corrected chi connectivity index (χ3v) is 4.31. The lowest BCUT2D eigenvalue weighted by Gasteiger charge is -2.33. The van der Waals surface area contributed by atoms with E-state index in [1.807, 2.05) is 45.0 Å². The largest absolute Gasteiger partial charge is 0.353 e. The SMILES string of the molecule is CN(C)C(=NC[C@H]1CCCN(c2nccn3cnnc23)C1)N(C)C. The maximum Gasteiger partial charge on any atom is 0.203 e. The van der Waals surface area contributed by atoms with Gasteiger partial charge in [0, 0.05) is 60.2 Å². The number of guanidine groups is 1. The number of fused-ring (bicyclic) bond motifs is 1. The molecule has 2 aromatic heterocycles. The molecular formula is C16H26N8. The topological polar surface area (TPSA) is 65.2 Å². The second-order valence-electron chi connectivity index (χ2n) is 6.70. The molecule has 0 N–H and O–H groups in total. The highest BCUT2D eigenvalue weighted by Crippen LogP contribution is 2.24. The Bertz CT molecular complexity index is 695. The third-order valence-electron chi connectivity index (χ3n) is 4.31. The van der Waals surface area contributed by atoms with E-state index in [-0.39, 0.29) is 0 Å². The lowest BCUT2D eigenvalue weighted by Crippen LogP contribution is -2.39. The average molecular weight is 330 g/mol. The summed E-state index contributed by atoms with van der Waals surface area (Å²) in [5, 5.41) is 8.19. The molecule has 1 saturated heterocycles. The summed E-state index contributed by atoms with van der Waals surface area (Å²) < 4.78 is 1.92. The number of anilines is 1. The van der Waals surface area contributed by atoms with Crippen LogP contribution in [0.1, 0.15) is 12.8 Å². The number of rotatable bonds is 3. The van der Waals surface area contributed by atoms with E-state index in [0.29, 0.717) is 5.92 Å². The smallest absolute Gasteiger partial charge is 0.203 e. The number of nitrogens with zero attached hydrogens (tertiary/aromatic N) is 8. The molecular weight excluding hydrogens is 304 g/mol. The number of hydrogen-bond acceptors (Lipinski definition) is 5. The predicted molar refractivity (Wildman–Crippen MR) is 95.4 cm³/mol. The predicted octanol–water partition coefficient (Wildman–Crippen LogP) is 0.820. The quantitative estimate of drug-likeness (QED) is 0.613. The first-order chi connectivity index (χ1) is 11.6. The van der Waals surface area contributed by atoms with Gasteiger partial charge in [-0.05, 0) is 18.8 Å². The molecule has 8 heteroatoms. The van der Waals surface area contributed by atoms with Crippen LogP contribution < -0.4 is 4.90 Å². The average Bonchev–Trinajstić information content (AvgIpc) is 3.03. The van der Waals surface area contributed by atoms with E-state index in [9.17, 15) is 0 Å². The molecule has 0 radical (unpaired) electrons. The van der Waals surface area contributed by atoms with Crippen LogP contribution >= 0.6 is 0 Å². The molecule has 0 unspecified atom stereocenters. The van der Waals surface area contributed by atoms with Crippen molar-refractivity contribution in [1.82, 2.24) is 29.4 Å².